The standard InChI is InChI=1S/C20H21FN2O2/c21-17-5-7-18(8-6-17)22-9-11-23(12-10-22)20(24)16-13-15-3-1-2-4-19(15)25-14-16/h1-8,16H,9-14H2. The lowest BCUT2D eigenvalue weighted by Crippen LogP contribution is -2.51. The number of carbonyl (C=O) groups is 1. The Labute approximate surface area is 146 Å². The SMILES string of the molecule is O=C(C1COc2ccccc2C1)N1CCN(c2ccc(F)cc2)CC1. The molecular formula is C20H21FN2O2. The van der Waals surface area contributed by atoms with Gasteiger partial charge < -0.3 is 14.5 Å². The number of nitrogens with zero attached hydrogens (tertiary/aromatic N) is 2. The van der Waals surface area contributed by atoms with Gasteiger partial charge in [0.25, 0.3) is 0 Å². The molecular weight excluding hydrogens is 319 g/mol. The van der Waals surface area contributed by atoms with Gasteiger partial charge >= 0.3 is 0 Å². The van der Waals surface area contributed by atoms with Crippen molar-refractivity contribution < 1.29 is 13.9 Å². The van der Waals surface area contributed by atoms with Crippen LogP contribution >= 0.6 is 0 Å². The smallest absolute Gasteiger partial charge is 0.229 e. The summed E-state index contributed by atoms with van der Waals surface area (Å²) >= 11 is 0. The number of benzene rings is 2. The molecule has 0 saturated carbocycles. The number of amides is 1. The van der Waals surface area contributed by atoms with E-state index in [0.717, 1.165) is 36.5 Å². The van der Waals surface area contributed by atoms with E-state index in [1.54, 1.807) is 12.1 Å². The van der Waals surface area contributed by atoms with E-state index in [4.69, 9.17) is 4.74 Å². The molecule has 4 nitrogen and oxygen atoms in total. The predicted octanol–water partition coefficient (Wildman–Crippen LogP) is 2.73. The molecule has 0 aromatic heterocycles. The number of rotatable bonds is 2. The normalized spacial score (nSPS) is 20.0. The summed E-state index contributed by atoms with van der Waals surface area (Å²) in [7, 11) is 0. The van der Waals surface area contributed by atoms with Gasteiger partial charge in [-0.25, -0.2) is 4.39 Å². The second kappa shape index (κ2) is 6.75. The van der Waals surface area contributed by atoms with Crippen LogP contribution in [0.4, 0.5) is 10.1 Å². The Balaban J connectivity index is 1.36. The second-order valence-electron chi connectivity index (χ2n) is 6.61. The van der Waals surface area contributed by atoms with Gasteiger partial charge in [0.2, 0.25) is 5.91 Å². The van der Waals surface area contributed by atoms with Crippen molar-refractivity contribution in [2.24, 2.45) is 5.92 Å². The third-order valence-electron chi connectivity index (χ3n) is 5.01. The highest BCUT2D eigenvalue weighted by atomic mass is 19.1. The van der Waals surface area contributed by atoms with Gasteiger partial charge in [0.15, 0.2) is 0 Å². The molecule has 0 aliphatic carbocycles. The van der Waals surface area contributed by atoms with E-state index in [9.17, 15) is 9.18 Å². The fourth-order valence-corrected chi connectivity index (χ4v) is 3.58. The Morgan fingerprint density at radius 3 is 2.48 bits per heavy atom. The topological polar surface area (TPSA) is 32.8 Å². The quantitative estimate of drug-likeness (QED) is 0.843. The first-order valence-corrected chi connectivity index (χ1v) is 8.71. The molecule has 1 saturated heterocycles. The maximum Gasteiger partial charge on any atom is 0.229 e. The Morgan fingerprint density at radius 2 is 1.72 bits per heavy atom. The van der Waals surface area contributed by atoms with E-state index in [0.29, 0.717) is 19.7 Å². The summed E-state index contributed by atoms with van der Waals surface area (Å²) in [6.07, 6.45) is 0.743. The largest absolute Gasteiger partial charge is 0.492 e. The van der Waals surface area contributed by atoms with E-state index in [1.807, 2.05) is 29.2 Å². The summed E-state index contributed by atoms with van der Waals surface area (Å²) in [5, 5.41) is 0. The molecule has 0 radical (unpaired) electrons. The van der Waals surface area contributed by atoms with Crippen molar-refractivity contribution in [1.29, 1.82) is 0 Å². The lowest BCUT2D eigenvalue weighted by molar-refractivity contribution is -0.137. The predicted molar refractivity (Wildman–Crippen MR) is 94.3 cm³/mol. The molecule has 2 heterocycles. The summed E-state index contributed by atoms with van der Waals surface area (Å²) in [6.45, 7) is 3.36. The maximum atomic E-state index is 13.0. The van der Waals surface area contributed by atoms with Crippen LogP contribution in [0.5, 0.6) is 5.75 Å². The highest BCUT2D eigenvalue weighted by Crippen LogP contribution is 2.28. The molecule has 5 heteroatoms. The average molecular weight is 340 g/mol. The van der Waals surface area contributed by atoms with Crippen LogP contribution in [0.15, 0.2) is 48.5 Å². The Kier molecular flexibility index (Phi) is 4.30. The molecule has 0 bridgehead atoms. The zero-order valence-corrected chi connectivity index (χ0v) is 14.0. The van der Waals surface area contributed by atoms with Crippen LogP contribution in [0.1, 0.15) is 5.56 Å². The summed E-state index contributed by atoms with van der Waals surface area (Å²) in [5.41, 5.74) is 2.11. The number of piperazine rings is 1. The van der Waals surface area contributed by atoms with Crippen molar-refractivity contribution in [2.75, 3.05) is 37.7 Å². The van der Waals surface area contributed by atoms with Crippen molar-refractivity contribution in [2.45, 2.75) is 6.42 Å². The van der Waals surface area contributed by atoms with Crippen molar-refractivity contribution in [3.05, 3.63) is 59.9 Å². The van der Waals surface area contributed by atoms with Gasteiger partial charge in [0, 0.05) is 31.9 Å². The minimum Gasteiger partial charge on any atom is -0.492 e. The fourth-order valence-electron chi connectivity index (χ4n) is 3.58. The number of fused-ring (bicyclic) bond motifs is 1. The molecule has 2 aromatic carbocycles. The molecule has 25 heavy (non-hydrogen) atoms. The molecule has 2 aliphatic heterocycles. The van der Waals surface area contributed by atoms with Crippen LogP contribution in [0.25, 0.3) is 0 Å². The van der Waals surface area contributed by atoms with E-state index >= 15 is 0 Å². The average Bonchev–Trinajstić information content (AvgIpc) is 2.68. The van der Waals surface area contributed by atoms with Crippen LogP contribution in [0, 0.1) is 11.7 Å². The second-order valence-corrected chi connectivity index (χ2v) is 6.61. The monoisotopic (exact) mass is 340 g/mol. The minimum absolute atomic E-state index is 0.104. The zero-order chi connectivity index (χ0) is 17.2. The number of anilines is 1. The number of para-hydroxylation sites is 1. The molecule has 0 N–H and O–H groups in total. The minimum atomic E-state index is -0.227. The first-order valence-electron chi connectivity index (χ1n) is 8.71. The van der Waals surface area contributed by atoms with E-state index < -0.39 is 0 Å². The summed E-state index contributed by atoms with van der Waals surface area (Å²) in [4.78, 5) is 17.0. The maximum absolute atomic E-state index is 13.0. The number of ether oxygens (including phenoxy) is 1. The van der Waals surface area contributed by atoms with Crippen LogP contribution in [-0.4, -0.2) is 43.6 Å². The molecule has 2 aliphatic rings. The molecule has 1 fully saturated rings. The van der Waals surface area contributed by atoms with Crippen molar-refractivity contribution >= 4 is 11.6 Å². The molecule has 1 unspecified atom stereocenters. The lowest BCUT2D eigenvalue weighted by atomic mass is 9.95. The third-order valence-corrected chi connectivity index (χ3v) is 5.01. The van der Waals surface area contributed by atoms with Crippen LogP contribution in [-0.2, 0) is 11.2 Å². The van der Waals surface area contributed by atoms with Crippen molar-refractivity contribution in [3.63, 3.8) is 0 Å². The van der Waals surface area contributed by atoms with Gasteiger partial charge in [0.05, 0.1) is 5.92 Å². The van der Waals surface area contributed by atoms with E-state index in [1.165, 1.54) is 12.1 Å². The first-order chi connectivity index (χ1) is 12.2. The number of hydrogen-bond donors (Lipinski definition) is 0. The van der Waals surface area contributed by atoms with Crippen molar-refractivity contribution in [1.82, 2.24) is 4.90 Å². The third kappa shape index (κ3) is 3.31. The van der Waals surface area contributed by atoms with Gasteiger partial charge in [-0.05, 0) is 42.3 Å². The Bertz CT molecular complexity index is 755. The molecule has 0 spiro atoms. The number of halogens is 1. The molecule has 1 atom stereocenters. The fraction of sp³-hybridized carbons (Fsp3) is 0.350. The van der Waals surface area contributed by atoms with E-state index in [2.05, 4.69) is 4.90 Å². The lowest BCUT2D eigenvalue weighted by Gasteiger charge is -2.38. The van der Waals surface area contributed by atoms with Gasteiger partial charge in [-0.15, -0.1) is 0 Å². The molecule has 1 amide bonds. The van der Waals surface area contributed by atoms with Gasteiger partial charge in [-0.3, -0.25) is 4.79 Å². The number of hydrogen-bond acceptors (Lipinski definition) is 3. The molecule has 130 valence electrons. The highest BCUT2D eigenvalue weighted by molar-refractivity contribution is 5.80. The Morgan fingerprint density at radius 1 is 1.00 bits per heavy atom. The first kappa shape index (κ1) is 15.9. The van der Waals surface area contributed by atoms with Crippen LogP contribution < -0.4 is 9.64 Å². The molecule has 4 rings (SSSR count). The molecule has 2 aromatic rings. The van der Waals surface area contributed by atoms with Crippen LogP contribution in [0.3, 0.4) is 0 Å². The summed E-state index contributed by atoms with van der Waals surface area (Å²) in [6, 6.07) is 14.5. The van der Waals surface area contributed by atoms with Gasteiger partial charge in [-0.2, -0.15) is 0 Å². The van der Waals surface area contributed by atoms with Gasteiger partial charge in [-0.1, -0.05) is 18.2 Å². The highest BCUT2D eigenvalue weighted by Gasteiger charge is 2.31. The summed E-state index contributed by atoms with van der Waals surface area (Å²) in [5.74, 6) is 0.739. The summed E-state index contributed by atoms with van der Waals surface area (Å²) < 4.78 is 18.8. The van der Waals surface area contributed by atoms with Crippen LogP contribution in [0.2, 0.25) is 0 Å². The Hall–Kier alpha value is -2.56. The van der Waals surface area contributed by atoms with Crippen molar-refractivity contribution in [3.8, 4) is 5.75 Å². The number of carbonyl (C=O) groups excluding carboxylic acids is 1. The van der Waals surface area contributed by atoms with E-state index in [-0.39, 0.29) is 17.6 Å². The van der Waals surface area contributed by atoms with Gasteiger partial charge in [0.1, 0.15) is 18.2 Å². The zero-order valence-electron chi connectivity index (χ0n) is 14.0.